The minimum Gasteiger partial charge on any atom is -0.294 e. The van der Waals surface area contributed by atoms with Crippen molar-refractivity contribution in [2.45, 2.75) is 13.3 Å². The summed E-state index contributed by atoms with van der Waals surface area (Å²) in [5, 5.41) is 3.24. The average molecular weight is 273 g/mol. The zero-order valence-corrected chi connectivity index (χ0v) is 10.6. The Labute approximate surface area is 108 Å². The number of nitrogens with zero attached hydrogens (tertiary/aromatic N) is 1. The number of carbonyl (C=O) groups excluding carboxylic acids is 2. The van der Waals surface area contributed by atoms with Gasteiger partial charge in [0.2, 0.25) is 5.91 Å². The van der Waals surface area contributed by atoms with Gasteiger partial charge in [-0.1, -0.05) is 23.2 Å². The molecule has 6 heteroatoms. The summed E-state index contributed by atoms with van der Waals surface area (Å²) in [5.74, 6) is -0.268. The molecule has 1 aromatic carbocycles. The number of amides is 3. The molecule has 2 rings (SSSR count). The van der Waals surface area contributed by atoms with Gasteiger partial charge in [-0.25, -0.2) is 4.79 Å². The van der Waals surface area contributed by atoms with Crippen LogP contribution in [0.5, 0.6) is 0 Å². The first kappa shape index (κ1) is 12.2. The number of carbonyl (C=O) groups is 2. The lowest BCUT2D eigenvalue weighted by Crippen LogP contribution is -2.49. The van der Waals surface area contributed by atoms with E-state index < -0.39 is 6.03 Å². The summed E-state index contributed by atoms with van der Waals surface area (Å²) in [4.78, 5) is 24.1. The molecule has 3 amide bonds. The first-order chi connectivity index (χ1) is 7.99. The largest absolute Gasteiger partial charge is 0.328 e. The van der Waals surface area contributed by atoms with Gasteiger partial charge in [0.25, 0.3) is 0 Å². The zero-order chi connectivity index (χ0) is 12.6. The van der Waals surface area contributed by atoms with Gasteiger partial charge in [0.15, 0.2) is 0 Å². The fourth-order valence-electron chi connectivity index (χ4n) is 1.60. The molecule has 0 radical (unpaired) electrons. The number of urea groups is 1. The van der Waals surface area contributed by atoms with Crippen LogP contribution in [-0.2, 0) is 4.79 Å². The Morgan fingerprint density at radius 2 is 1.82 bits per heavy atom. The second-order valence-corrected chi connectivity index (χ2v) is 4.60. The van der Waals surface area contributed by atoms with E-state index in [4.69, 9.17) is 23.2 Å². The molecule has 0 aliphatic carbocycles. The van der Waals surface area contributed by atoms with Crippen molar-refractivity contribution in [3.8, 4) is 0 Å². The molecule has 0 spiro atoms. The van der Waals surface area contributed by atoms with E-state index >= 15 is 0 Å². The molecule has 4 nitrogen and oxygen atoms in total. The maximum absolute atomic E-state index is 11.6. The first-order valence-electron chi connectivity index (χ1n) is 5.06. The quantitative estimate of drug-likeness (QED) is 0.855. The van der Waals surface area contributed by atoms with Crippen LogP contribution in [0, 0.1) is 6.92 Å². The topological polar surface area (TPSA) is 49.4 Å². The number of rotatable bonds is 1. The lowest BCUT2D eigenvalue weighted by atomic mass is 10.2. The Hall–Kier alpha value is -1.26. The van der Waals surface area contributed by atoms with Gasteiger partial charge < -0.3 is 0 Å². The minimum atomic E-state index is -0.447. The van der Waals surface area contributed by atoms with Crippen molar-refractivity contribution >= 4 is 40.8 Å². The predicted octanol–water partition coefficient (Wildman–Crippen LogP) is 2.75. The van der Waals surface area contributed by atoms with Crippen LogP contribution in [0.4, 0.5) is 10.5 Å². The summed E-state index contributed by atoms with van der Waals surface area (Å²) >= 11 is 12.0. The molecule has 1 aliphatic rings. The van der Waals surface area contributed by atoms with Gasteiger partial charge in [0.05, 0.1) is 0 Å². The molecule has 1 heterocycles. The highest BCUT2D eigenvalue weighted by Crippen LogP contribution is 2.30. The molecule has 0 atom stereocenters. The molecular formula is C11H10Cl2N2O2. The van der Waals surface area contributed by atoms with Crippen LogP contribution in [0.15, 0.2) is 12.1 Å². The van der Waals surface area contributed by atoms with E-state index in [2.05, 4.69) is 5.32 Å². The Morgan fingerprint density at radius 3 is 2.35 bits per heavy atom. The van der Waals surface area contributed by atoms with Crippen molar-refractivity contribution in [1.29, 1.82) is 0 Å². The van der Waals surface area contributed by atoms with Gasteiger partial charge in [-0.15, -0.1) is 0 Å². The summed E-state index contributed by atoms with van der Waals surface area (Å²) < 4.78 is 0. The Bertz CT molecular complexity index is 479. The van der Waals surface area contributed by atoms with Crippen LogP contribution in [-0.4, -0.2) is 18.5 Å². The van der Waals surface area contributed by atoms with Crippen LogP contribution in [0.3, 0.4) is 0 Å². The molecule has 17 heavy (non-hydrogen) atoms. The predicted molar refractivity (Wildman–Crippen MR) is 66.7 cm³/mol. The lowest BCUT2D eigenvalue weighted by molar-refractivity contribution is -0.120. The van der Waals surface area contributed by atoms with Crippen LogP contribution >= 0.6 is 23.2 Å². The molecule has 0 unspecified atom stereocenters. The van der Waals surface area contributed by atoms with Crippen molar-refractivity contribution in [1.82, 2.24) is 5.32 Å². The standard InChI is InChI=1S/C11H10Cl2N2O2/c1-6-8(12)4-7(5-9(6)13)15-3-2-10(16)14-11(15)17/h4-5H,2-3H2,1H3,(H,14,16,17). The number of nitrogens with one attached hydrogen (secondary N) is 1. The zero-order valence-electron chi connectivity index (χ0n) is 9.09. The van der Waals surface area contributed by atoms with Crippen LogP contribution in [0.25, 0.3) is 0 Å². The van der Waals surface area contributed by atoms with E-state index in [1.807, 2.05) is 0 Å². The number of imide groups is 1. The highest BCUT2D eigenvalue weighted by molar-refractivity contribution is 6.36. The summed E-state index contributed by atoms with van der Waals surface area (Å²) in [6.45, 7) is 2.13. The normalized spacial score (nSPS) is 16.1. The van der Waals surface area contributed by atoms with Gasteiger partial charge in [-0.05, 0) is 24.6 Å². The Kier molecular flexibility index (Phi) is 3.26. The van der Waals surface area contributed by atoms with Gasteiger partial charge >= 0.3 is 6.03 Å². The summed E-state index contributed by atoms with van der Waals surface area (Å²) in [5.41, 5.74) is 1.36. The van der Waals surface area contributed by atoms with Crippen molar-refractivity contribution in [3.05, 3.63) is 27.7 Å². The molecule has 1 aromatic rings. The van der Waals surface area contributed by atoms with Crippen LogP contribution in [0.2, 0.25) is 10.0 Å². The van der Waals surface area contributed by atoms with Crippen LogP contribution in [0.1, 0.15) is 12.0 Å². The number of benzene rings is 1. The third-order valence-corrected chi connectivity index (χ3v) is 3.42. The van der Waals surface area contributed by atoms with Crippen molar-refractivity contribution in [2.75, 3.05) is 11.4 Å². The van der Waals surface area contributed by atoms with E-state index in [1.165, 1.54) is 4.90 Å². The fraction of sp³-hybridized carbons (Fsp3) is 0.273. The molecular weight excluding hydrogens is 263 g/mol. The monoisotopic (exact) mass is 272 g/mol. The molecule has 1 aliphatic heterocycles. The van der Waals surface area contributed by atoms with Crippen LogP contribution < -0.4 is 10.2 Å². The molecule has 1 saturated heterocycles. The van der Waals surface area contributed by atoms with Gasteiger partial charge in [0, 0.05) is 28.7 Å². The molecule has 90 valence electrons. The number of anilines is 1. The molecule has 1 N–H and O–H groups in total. The smallest absolute Gasteiger partial charge is 0.294 e. The number of halogens is 2. The highest BCUT2D eigenvalue weighted by Gasteiger charge is 2.24. The molecule has 0 bridgehead atoms. The third kappa shape index (κ3) is 2.37. The second-order valence-electron chi connectivity index (χ2n) is 3.79. The van der Waals surface area contributed by atoms with Gasteiger partial charge in [-0.2, -0.15) is 0 Å². The number of hydrogen-bond donors (Lipinski definition) is 1. The molecule has 0 aromatic heterocycles. The summed E-state index contributed by atoms with van der Waals surface area (Å²) in [6, 6.07) is 2.88. The Balaban J connectivity index is 2.34. The maximum atomic E-state index is 11.6. The van der Waals surface area contributed by atoms with E-state index in [1.54, 1.807) is 19.1 Å². The molecule has 0 saturated carbocycles. The second kappa shape index (κ2) is 4.55. The van der Waals surface area contributed by atoms with Crippen molar-refractivity contribution in [3.63, 3.8) is 0 Å². The van der Waals surface area contributed by atoms with E-state index in [0.717, 1.165) is 5.56 Å². The van der Waals surface area contributed by atoms with Crippen molar-refractivity contribution in [2.24, 2.45) is 0 Å². The van der Waals surface area contributed by atoms with Crippen molar-refractivity contribution < 1.29 is 9.59 Å². The third-order valence-electron chi connectivity index (χ3n) is 2.63. The minimum absolute atomic E-state index is 0.268. The first-order valence-corrected chi connectivity index (χ1v) is 5.81. The lowest BCUT2D eigenvalue weighted by Gasteiger charge is -2.27. The van der Waals surface area contributed by atoms with Gasteiger partial charge in [0.1, 0.15) is 0 Å². The Morgan fingerprint density at radius 1 is 1.24 bits per heavy atom. The van der Waals surface area contributed by atoms with E-state index in [-0.39, 0.29) is 12.3 Å². The summed E-state index contributed by atoms with van der Waals surface area (Å²) in [7, 11) is 0. The number of hydrogen-bond acceptors (Lipinski definition) is 2. The van der Waals surface area contributed by atoms with Gasteiger partial charge in [-0.3, -0.25) is 15.0 Å². The van der Waals surface area contributed by atoms with E-state index in [9.17, 15) is 9.59 Å². The SMILES string of the molecule is Cc1c(Cl)cc(N2CCC(=O)NC2=O)cc1Cl. The van der Waals surface area contributed by atoms with E-state index in [0.29, 0.717) is 22.3 Å². The molecule has 1 fully saturated rings. The average Bonchev–Trinajstić information content (AvgIpc) is 2.25. The highest BCUT2D eigenvalue weighted by atomic mass is 35.5. The maximum Gasteiger partial charge on any atom is 0.328 e. The summed E-state index contributed by atoms with van der Waals surface area (Å²) in [6.07, 6.45) is 0.273. The fourth-order valence-corrected chi connectivity index (χ4v) is 2.07.